The summed E-state index contributed by atoms with van der Waals surface area (Å²) in [6.45, 7) is 5.61. The van der Waals surface area contributed by atoms with Gasteiger partial charge in [-0.3, -0.25) is 9.10 Å². The minimum absolute atomic E-state index is 0.0246. The van der Waals surface area contributed by atoms with E-state index in [2.05, 4.69) is 0 Å². The molecule has 0 aromatic heterocycles. The van der Waals surface area contributed by atoms with Crippen molar-refractivity contribution in [3.63, 3.8) is 0 Å². The highest BCUT2D eigenvalue weighted by atomic mass is 32.2. The molecule has 1 aliphatic rings. The molecular weight excluding hydrogens is 310 g/mol. The molecule has 0 amide bonds. The van der Waals surface area contributed by atoms with Crippen molar-refractivity contribution in [2.75, 3.05) is 10.8 Å². The maximum absolute atomic E-state index is 13.1. The SMILES string of the molecule is Cc1ccc(S(=O)(=O)N2CC(C)(C)C(=O)c3ccccc32)cc1. The second-order valence-electron chi connectivity index (χ2n) is 6.55. The van der Waals surface area contributed by atoms with Crippen LogP contribution in [0.3, 0.4) is 0 Å². The molecule has 0 unspecified atom stereocenters. The summed E-state index contributed by atoms with van der Waals surface area (Å²) in [7, 11) is -3.71. The molecule has 5 heteroatoms. The Hall–Kier alpha value is -2.14. The molecule has 0 fully saturated rings. The topological polar surface area (TPSA) is 54.5 Å². The molecule has 1 aliphatic heterocycles. The zero-order valence-electron chi connectivity index (χ0n) is 13.4. The molecule has 4 nitrogen and oxygen atoms in total. The molecule has 3 rings (SSSR count). The highest BCUT2D eigenvalue weighted by Crippen LogP contribution is 2.39. The van der Waals surface area contributed by atoms with Crippen molar-refractivity contribution >= 4 is 21.5 Å². The van der Waals surface area contributed by atoms with E-state index in [1.165, 1.54) is 4.31 Å². The minimum Gasteiger partial charge on any atom is -0.293 e. The number of fused-ring (bicyclic) bond motifs is 1. The molecule has 23 heavy (non-hydrogen) atoms. The van der Waals surface area contributed by atoms with Crippen molar-refractivity contribution in [1.29, 1.82) is 0 Å². The predicted octanol–water partition coefficient (Wildman–Crippen LogP) is 3.41. The van der Waals surface area contributed by atoms with Gasteiger partial charge in [-0.2, -0.15) is 0 Å². The van der Waals surface area contributed by atoms with E-state index in [1.807, 2.05) is 6.92 Å². The van der Waals surface area contributed by atoms with Crippen molar-refractivity contribution in [3.8, 4) is 0 Å². The van der Waals surface area contributed by atoms with Gasteiger partial charge in [-0.25, -0.2) is 8.42 Å². The van der Waals surface area contributed by atoms with Crippen molar-refractivity contribution in [2.45, 2.75) is 25.7 Å². The fourth-order valence-electron chi connectivity index (χ4n) is 2.82. The van der Waals surface area contributed by atoms with Gasteiger partial charge in [-0.15, -0.1) is 0 Å². The summed E-state index contributed by atoms with van der Waals surface area (Å²) in [4.78, 5) is 12.8. The quantitative estimate of drug-likeness (QED) is 0.848. The van der Waals surface area contributed by atoms with Crippen LogP contribution in [0.15, 0.2) is 53.4 Å². The Bertz CT molecular complexity index is 867. The van der Waals surface area contributed by atoms with E-state index in [1.54, 1.807) is 62.4 Å². The maximum atomic E-state index is 13.1. The average molecular weight is 329 g/mol. The lowest BCUT2D eigenvalue weighted by molar-refractivity contribution is 0.0840. The van der Waals surface area contributed by atoms with Gasteiger partial charge in [0, 0.05) is 17.5 Å². The number of sulfonamides is 1. The first-order valence-corrected chi connectivity index (χ1v) is 8.91. The van der Waals surface area contributed by atoms with Gasteiger partial charge in [-0.05, 0) is 31.2 Å². The van der Waals surface area contributed by atoms with Crippen LogP contribution in [-0.4, -0.2) is 20.7 Å². The first-order valence-electron chi connectivity index (χ1n) is 7.47. The van der Waals surface area contributed by atoms with Gasteiger partial charge < -0.3 is 0 Å². The van der Waals surface area contributed by atoms with Crippen LogP contribution in [0.1, 0.15) is 29.8 Å². The summed E-state index contributed by atoms with van der Waals surface area (Å²) in [6, 6.07) is 13.7. The number of hydrogen-bond acceptors (Lipinski definition) is 3. The number of carbonyl (C=O) groups is 1. The fraction of sp³-hybridized carbons (Fsp3) is 0.278. The zero-order chi connectivity index (χ0) is 16.8. The Morgan fingerprint density at radius 3 is 2.26 bits per heavy atom. The highest BCUT2D eigenvalue weighted by Gasteiger charge is 2.42. The second-order valence-corrected chi connectivity index (χ2v) is 8.42. The molecule has 0 radical (unpaired) electrons. The Labute approximate surface area is 136 Å². The summed E-state index contributed by atoms with van der Waals surface area (Å²) in [5, 5.41) is 0. The third-order valence-electron chi connectivity index (χ3n) is 4.18. The third kappa shape index (κ3) is 2.55. The molecule has 120 valence electrons. The van der Waals surface area contributed by atoms with E-state index in [0.717, 1.165) is 5.56 Å². The molecule has 2 aromatic carbocycles. The maximum Gasteiger partial charge on any atom is 0.264 e. The van der Waals surface area contributed by atoms with Crippen molar-refractivity contribution in [2.24, 2.45) is 5.41 Å². The van der Waals surface area contributed by atoms with Gasteiger partial charge in [0.15, 0.2) is 5.78 Å². The largest absolute Gasteiger partial charge is 0.293 e. The molecule has 0 atom stereocenters. The van der Waals surface area contributed by atoms with E-state index in [9.17, 15) is 13.2 Å². The third-order valence-corrected chi connectivity index (χ3v) is 5.95. The number of para-hydroxylation sites is 1. The minimum atomic E-state index is -3.71. The van der Waals surface area contributed by atoms with Crippen LogP contribution in [0.4, 0.5) is 5.69 Å². The molecular formula is C18H19NO3S. The highest BCUT2D eigenvalue weighted by molar-refractivity contribution is 7.92. The molecule has 2 aromatic rings. The lowest BCUT2D eigenvalue weighted by Crippen LogP contribution is -2.47. The number of carbonyl (C=O) groups excluding carboxylic acids is 1. The van der Waals surface area contributed by atoms with Gasteiger partial charge in [0.1, 0.15) is 0 Å². The van der Waals surface area contributed by atoms with Gasteiger partial charge in [-0.1, -0.05) is 43.7 Å². The Kier molecular flexibility index (Phi) is 3.56. The van der Waals surface area contributed by atoms with Crippen LogP contribution < -0.4 is 4.31 Å². The zero-order valence-corrected chi connectivity index (χ0v) is 14.2. The van der Waals surface area contributed by atoms with Gasteiger partial charge in [0.25, 0.3) is 10.0 Å². The van der Waals surface area contributed by atoms with Crippen LogP contribution in [0.5, 0.6) is 0 Å². The second kappa shape index (κ2) is 5.20. The Morgan fingerprint density at radius 1 is 1.00 bits per heavy atom. The predicted molar refractivity (Wildman–Crippen MR) is 90.3 cm³/mol. The van der Waals surface area contributed by atoms with E-state index in [0.29, 0.717) is 11.3 Å². The number of nitrogens with zero attached hydrogens (tertiary/aromatic N) is 1. The molecule has 0 aliphatic carbocycles. The fourth-order valence-corrected chi connectivity index (χ4v) is 4.46. The summed E-state index contributed by atoms with van der Waals surface area (Å²) in [5.74, 6) is -0.0246. The Morgan fingerprint density at radius 2 is 1.61 bits per heavy atom. The van der Waals surface area contributed by atoms with E-state index < -0.39 is 15.4 Å². The lowest BCUT2D eigenvalue weighted by atomic mass is 9.81. The summed E-state index contributed by atoms with van der Waals surface area (Å²) >= 11 is 0. The number of Topliss-reactive ketones (excluding diaryl/α,β-unsaturated/α-hetero) is 1. The number of aryl methyl sites for hydroxylation is 1. The molecule has 1 heterocycles. The number of rotatable bonds is 2. The van der Waals surface area contributed by atoms with Crippen LogP contribution in [-0.2, 0) is 10.0 Å². The van der Waals surface area contributed by atoms with Crippen molar-refractivity contribution < 1.29 is 13.2 Å². The summed E-state index contributed by atoms with van der Waals surface area (Å²) in [5.41, 5.74) is 1.15. The van der Waals surface area contributed by atoms with E-state index in [4.69, 9.17) is 0 Å². The number of ketones is 1. The molecule has 0 spiro atoms. The summed E-state index contributed by atoms with van der Waals surface area (Å²) < 4.78 is 27.5. The first kappa shape index (κ1) is 15.7. The molecule has 0 saturated heterocycles. The van der Waals surface area contributed by atoms with Crippen LogP contribution >= 0.6 is 0 Å². The molecule has 0 N–H and O–H groups in total. The van der Waals surface area contributed by atoms with E-state index in [-0.39, 0.29) is 17.2 Å². The van der Waals surface area contributed by atoms with Crippen LogP contribution in [0, 0.1) is 12.3 Å². The average Bonchev–Trinajstić information content (AvgIpc) is 2.51. The number of hydrogen-bond donors (Lipinski definition) is 0. The molecule has 0 bridgehead atoms. The number of anilines is 1. The molecule has 0 saturated carbocycles. The van der Waals surface area contributed by atoms with Crippen molar-refractivity contribution in [1.82, 2.24) is 0 Å². The number of benzene rings is 2. The van der Waals surface area contributed by atoms with E-state index >= 15 is 0 Å². The standard InChI is InChI=1S/C18H19NO3S/c1-13-8-10-14(11-9-13)23(21,22)19-12-18(2,3)17(20)15-6-4-5-7-16(15)19/h4-11H,12H2,1-3H3. The first-order chi connectivity index (χ1) is 10.7. The lowest BCUT2D eigenvalue weighted by Gasteiger charge is -2.38. The van der Waals surface area contributed by atoms with Gasteiger partial charge in [0.2, 0.25) is 0 Å². The van der Waals surface area contributed by atoms with Crippen LogP contribution in [0.25, 0.3) is 0 Å². The van der Waals surface area contributed by atoms with Gasteiger partial charge in [0.05, 0.1) is 10.6 Å². The van der Waals surface area contributed by atoms with Gasteiger partial charge >= 0.3 is 0 Å². The van der Waals surface area contributed by atoms with Crippen LogP contribution in [0.2, 0.25) is 0 Å². The smallest absolute Gasteiger partial charge is 0.264 e. The summed E-state index contributed by atoms with van der Waals surface area (Å²) in [6.07, 6.45) is 0. The monoisotopic (exact) mass is 329 g/mol. The normalized spacial score (nSPS) is 17.0. The van der Waals surface area contributed by atoms with Crippen molar-refractivity contribution in [3.05, 3.63) is 59.7 Å². The Balaban J connectivity index is 2.17.